The van der Waals surface area contributed by atoms with E-state index in [2.05, 4.69) is 5.32 Å². The van der Waals surface area contributed by atoms with Crippen LogP contribution < -0.4 is 10.1 Å². The van der Waals surface area contributed by atoms with Crippen molar-refractivity contribution in [1.29, 1.82) is 0 Å². The molecule has 2 aromatic carbocycles. The highest BCUT2D eigenvalue weighted by Crippen LogP contribution is 2.31. The zero-order valence-electron chi connectivity index (χ0n) is 18.0. The average molecular weight is 483 g/mol. The van der Waals surface area contributed by atoms with E-state index in [0.717, 1.165) is 0 Å². The number of carbonyl (C=O) groups excluding carboxylic acids is 2. The van der Waals surface area contributed by atoms with Gasteiger partial charge < -0.3 is 15.0 Å². The van der Waals surface area contributed by atoms with Gasteiger partial charge >= 0.3 is 0 Å². The molecule has 7 heteroatoms. The standard InChI is InChI=1S/C26H24Cl2N2O3/c27-20-11-12-23(21(28)17-20)33-24-10-6-2-5-9-22(24)29-25(31)18-13-15-30(16-14-18)26(32)19-7-3-1-4-8-19/h1-9,11-12,17-18H,10,13-16H2,(H,29,31). The first kappa shape index (κ1) is 23.1. The number of allylic oxidation sites excluding steroid dienone is 4. The number of piperidine rings is 1. The van der Waals surface area contributed by atoms with Crippen molar-refractivity contribution >= 4 is 35.0 Å². The number of carbonyl (C=O) groups is 2. The van der Waals surface area contributed by atoms with E-state index in [1.54, 1.807) is 18.2 Å². The van der Waals surface area contributed by atoms with Crippen LogP contribution in [0.4, 0.5) is 0 Å². The van der Waals surface area contributed by atoms with Crippen LogP contribution in [0, 0.1) is 5.92 Å². The van der Waals surface area contributed by atoms with E-state index in [9.17, 15) is 9.59 Å². The van der Waals surface area contributed by atoms with Crippen molar-refractivity contribution < 1.29 is 14.3 Å². The number of nitrogens with zero attached hydrogens (tertiary/aromatic N) is 1. The fourth-order valence-electron chi connectivity index (χ4n) is 3.85. The molecule has 0 aromatic heterocycles. The monoisotopic (exact) mass is 482 g/mol. The van der Waals surface area contributed by atoms with Crippen molar-refractivity contribution in [3.05, 3.63) is 99.9 Å². The van der Waals surface area contributed by atoms with Crippen molar-refractivity contribution in [3.63, 3.8) is 0 Å². The number of hydrogen-bond acceptors (Lipinski definition) is 3. The van der Waals surface area contributed by atoms with Crippen molar-refractivity contribution in [1.82, 2.24) is 10.2 Å². The molecule has 0 atom stereocenters. The molecule has 1 N–H and O–H groups in total. The molecule has 4 rings (SSSR count). The molecule has 1 saturated heterocycles. The normalized spacial score (nSPS) is 16.5. The summed E-state index contributed by atoms with van der Waals surface area (Å²) in [6.45, 7) is 1.10. The number of amides is 2. The number of benzene rings is 2. The first-order chi connectivity index (χ1) is 16.0. The summed E-state index contributed by atoms with van der Waals surface area (Å²) >= 11 is 12.2. The Morgan fingerprint density at radius 3 is 2.48 bits per heavy atom. The van der Waals surface area contributed by atoms with Crippen molar-refractivity contribution in [2.45, 2.75) is 19.3 Å². The third-order valence-corrected chi connectivity index (χ3v) is 6.20. The Morgan fingerprint density at radius 1 is 1.00 bits per heavy atom. The predicted octanol–water partition coefficient (Wildman–Crippen LogP) is 5.77. The largest absolute Gasteiger partial charge is 0.458 e. The minimum atomic E-state index is -0.178. The summed E-state index contributed by atoms with van der Waals surface area (Å²) in [6, 6.07) is 14.2. The molecular formula is C26H24Cl2N2O3. The Hall–Kier alpha value is -3.02. The van der Waals surface area contributed by atoms with Gasteiger partial charge in [0.05, 0.1) is 10.7 Å². The van der Waals surface area contributed by atoms with E-state index < -0.39 is 0 Å². The van der Waals surface area contributed by atoms with E-state index in [4.69, 9.17) is 27.9 Å². The molecule has 0 unspecified atom stereocenters. The van der Waals surface area contributed by atoms with E-state index >= 15 is 0 Å². The second-order valence-electron chi connectivity index (χ2n) is 7.93. The van der Waals surface area contributed by atoms with Gasteiger partial charge in [-0.1, -0.05) is 59.6 Å². The smallest absolute Gasteiger partial charge is 0.253 e. The maximum absolute atomic E-state index is 13.0. The fraction of sp³-hybridized carbons (Fsp3) is 0.231. The Kier molecular flexibility index (Phi) is 7.53. The second-order valence-corrected chi connectivity index (χ2v) is 8.77. The molecule has 2 aromatic rings. The topological polar surface area (TPSA) is 58.6 Å². The molecule has 0 saturated carbocycles. The third-order valence-electron chi connectivity index (χ3n) is 5.67. The maximum atomic E-state index is 13.0. The summed E-state index contributed by atoms with van der Waals surface area (Å²) in [4.78, 5) is 27.5. The highest BCUT2D eigenvalue weighted by atomic mass is 35.5. The highest BCUT2D eigenvalue weighted by Gasteiger charge is 2.28. The van der Waals surface area contributed by atoms with Gasteiger partial charge in [-0.25, -0.2) is 0 Å². The number of halogens is 2. The van der Waals surface area contributed by atoms with Crippen molar-refractivity contribution in [2.75, 3.05) is 13.1 Å². The van der Waals surface area contributed by atoms with Gasteiger partial charge in [0.2, 0.25) is 5.91 Å². The molecule has 1 aliphatic carbocycles. The van der Waals surface area contributed by atoms with Gasteiger partial charge in [-0.2, -0.15) is 0 Å². The molecule has 5 nitrogen and oxygen atoms in total. The van der Waals surface area contributed by atoms with Gasteiger partial charge in [-0.05, 0) is 49.2 Å². The number of rotatable bonds is 5. The van der Waals surface area contributed by atoms with Crippen LogP contribution in [0.3, 0.4) is 0 Å². The van der Waals surface area contributed by atoms with Crippen molar-refractivity contribution in [3.8, 4) is 5.75 Å². The van der Waals surface area contributed by atoms with E-state index in [1.165, 1.54) is 0 Å². The van der Waals surface area contributed by atoms with Gasteiger partial charge in [0.15, 0.2) is 0 Å². The van der Waals surface area contributed by atoms with Crippen LogP contribution in [-0.2, 0) is 4.79 Å². The Balaban J connectivity index is 1.41. The molecule has 0 radical (unpaired) electrons. The lowest BCUT2D eigenvalue weighted by Crippen LogP contribution is -2.43. The summed E-state index contributed by atoms with van der Waals surface area (Å²) in [5.41, 5.74) is 1.27. The van der Waals surface area contributed by atoms with Crippen LogP contribution in [0.2, 0.25) is 10.0 Å². The van der Waals surface area contributed by atoms with Crippen LogP contribution in [0.5, 0.6) is 5.75 Å². The Labute approximate surface area is 203 Å². The Morgan fingerprint density at radius 2 is 1.76 bits per heavy atom. The molecule has 0 spiro atoms. The maximum Gasteiger partial charge on any atom is 0.253 e. The zero-order chi connectivity index (χ0) is 23.2. The minimum absolute atomic E-state index is 0.00507. The molecule has 170 valence electrons. The summed E-state index contributed by atoms with van der Waals surface area (Å²) in [6.07, 6.45) is 9.25. The molecule has 2 aliphatic rings. The first-order valence-electron chi connectivity index (χ1n) is 10.9. The molecule has 1 aliphatic heterocycles. The number of ether oxygens (including phenoxy) is 1. The van der Waals surface area contributed by atoms with Crippen LogP contribution in [0.15, 0.2) is 84.3 Å². The van der Waals surface area contributed by atoms with E-state index in [1.807, 2.05) is 59.5 Å². The van der Waals surface area contributed by atoms with Crippen LogP contribution in [0.25, 0.3) is 0 Å². The van der Waals surface area contributed by atoms with Gasteiger partial charge in [0, 0.05) is 36.0 Å². The second kappa shape index (κ2) is 10.7. The molecule has 1 heterocycles. The molecule has 1 fully saturated rings. The van der Waals surface area contributed by atoms with Gasteiger partial charge in [-0.15, -0.1) is 0 Å². The SMILES string of the molecule is O=C(NC1=C(Oc2ccc(Cl)cc2Cl)CC=CC=C1)C1CCN(C(=O)c2ccccc2)CC1. The van der Waals surface area contributed by atoms with E-state index in [0.29, 0.717) is 65.2 Å². The lowest BCUT2D eigenvalue weighted by Gasteiger charge is -2.31. The molecule has 0 bridgehead atoms. The summed E-state index contributed by atoms with van der Waals surface area (Å²) < 4.78 is 6.04. The quantitative estimate of drug-likeness (QED) is 0.588. The molecule has 2 amide bonds. The summed E-state index contributed by atoms with van der Waals surface area (Å²) in [7, 11) is 0. The number of nitrogens with one attached hydrogen (secondary N) is 1. The summed E-state index contributed by atoms with van der Waals surface area (Å²) in [5.74, 6) is 0.813. The van der Waals surface area contributed by atoms with Crippen LogP contribution in [-0.4, -0.2) is 29.8 Å². The average Bonchev–Trinajstić information content (AvgIpc) is 3.06. The highest BCUT2D eigenvalue weighted by molar-refractivity contribution is 6.35. The van der Waals surface area contributed by atoms with Gasteiger partial charge in [0.1, 0.15) is 11.5 Å². The number of likely N-dealkylation sites (tertiary alicyclic amines) is 1. The number of hydrogen-bond donors (Lipinski definition) is 1. The lowest BCUT2D eigenvalue weighted by atomic mass is 9.95. The van der Waals surface area contributed by atoms with Crippen LogP contribution in [0.1, 0.15) is 29.6 Å². The van der Waals surface area contributed by atoms with Gasteiger partial charge in [-0.3, -0.25) is 9.59 Å². The predicted molar refractivity (Wildman–Crippen MR) is 130 cm³/mol. The van der Waals surface area contributed by atoms with Gasteiger partial charge in [0.25, 0.3) is 5.91 Å². The first-order valence-corrected chi connectivity index (χ1v) is 11.6. The lowest BCUT2D eigenvalue weighted by molar-refractivity contribution is -0.125. The minimum Gasteiger partial charge on any atom is -0.458 e. The Bertz CT molecular complexity index is 1120. The van der Waals surface area contributed by atoms with Crippen molar-refractivity contribution in [2.24, 2.45) is 5.92 Å². The summed E-state index contributed by atoms with van der Waals surface area (Å²) in [5, 5.41) is 3.94. The van der Waals surface area contributed by atoms with E-state index in [-0.39, 0.29) is 17.7 Å². The molecular weight excluding hydrogens is 459 g/mol. The fourth-order valence-corrected chi connectivity index (χ4v) is 4.30. The van der Waals surface area contributed by atoms with Crippen LogP contribution >= 0.6 is 23.2 Å². The molecule has 33 heavy (non-hydrogen) atoms. The zero-order valence-corrected chi connectivity index (χ0v) is 19.5. The third kappa shape index (κ3) is 5.86.